The van der Waals surface area contributed by atoms with Crippen LogP contribution < -0.4 is 0 Å². The van der Waals surface area contributed by atoms with Gasteiger partial charge in [0.25, 0.3) is 0 Å². The highest BCUT2D eigenvalue weighted by molar-refractivity contribution is 5.82. The molecule has 1 aliphatic rings. The summed E-state index contributed by atoms with van der Waals surface area (Å²) in [5, 5.41) is 6.14. The number of carbonyl (C=O) groups excluding carboxylic acids is 1. The number of halogens is 1. The molecule has 1 aromatic rings. The molecule has 0 amide bonds. The standard InChI is InChI=1S/C15H19FN2O2/c1-3-15(14(19)20-2)8-5-9-18(15)17-11-12-6-4-7-13(16)10-12/h4,6-7,10-11H,3,5,8-9H2,1-2H3/t15-/m1/s1. The fourth-order valence-corrected chi connectivity index (χ4v) is 2.66. The van der Waals surface area contributed by atoms with Crippen molar-refractivity contribution < 1.29 is 13.9 Å². The molecule has 0 unspecified atom stereocenters. The van der Waals surface area contributed by atoms with Crippen molar-refractivity contribution in [3.05, 3.63) is 35.6 Å². The number of rotatable bonds is 4. The van der Waals surface area contributed by atoms with E-state index in [0.29, 0.717) is 18.5 Å². The van der Waals surface area contributed by atoms with Gasteiger partial charge in [0.2, 0.25) is 0 Å². The van der Waals surface area contributed by atoms with E-state index >= 15 is 0 Å². The third-order valence-corrected chi connectivity index (χ3v) is 3.80. The van der Waals surface area contributed by atoms with E-state index in [1.54, 1.807) is 23.4 Å². The van der Waals surface area contributed by atoms with Crippen LogP contribution in [0, 0.1) is 5.82 Å². The molecule has 1 aromatic carbocycles. The van der Waals surface area contributed by atoms with E-state index in [2.05, 4.69) is 5.10 Å². The Hall–Kier alpha value is -1.91. The van der Waals surface area contributed by atoms with Crippen molar-refractivity contribution in [2.45, 2.75) is 31.7 Å². The molecule has 4 nitrogen and oxygen atoms in total. The molecule has 1 atom stereocenters. The summed E-state index contributed by atoms with van der Waals surface area (Å²) in [5.41, 5.74) is -0.00904. The quantitative estimate of drug-likeness (QED) is 0.628. The molecule has 0 bridgehead atoms. The number of benzene rings is 1. The SMILES string of the molecule is CC[C@]1(C(=O)OC)CCCN1N=Cc1cccc(F)c1. The predicted molar refractivity (Wildman–Crippen MR) is 75.0 cm³/mol. The Kier molecular flexibility index (Phi) is 4.37. The van der Waals surface area contributed by atoms with E-state index in [0.717, 1.165) is 12.8 Å². The summed E-state index contributed by atoms with van der Waals surface area (Å²) in [7, 11) is 1.40. The molecular weight excluding hydrogens is 259 g/mol. The fourth-order valence-electron chi connectivity index (χ4n) is 2.66. The summed E-state index contributed by atoms with van der Waals surface area (Å²) in [5.74, 6) is -0.556. The minimum atomic E-state index is -0.682. The van der Waals surface area contributed by atoms with E-state index in [-0.39, 0.29) is 11.8 Å². The van der Waals surface area contributed by atoms with Crippen molar-refractivity contribution in [2.75, 3.05) is 13.7 Å². The molecular formula is C15H19FN2O2. The fraction of sp³-hybridized carbons (Fsp3) is 0.467. The van der Waals surface area contributed by atoms with Crippen LogP contribution in [-0.4, -0.2) is 36.4 Å². The molecule has 1 saturated heterocycles. The van der Waals surface area contributed by atoms with Gasteiger partial charge < -0.3 is 4.74 Å². The first-order valence-electron chi connectivity index (χ1n) is 6.78. The zero-order valence-electron chi connectivity index (χ0n) is 11.8. The highest BCUT2D eigenvalue weighted by atomic mass is 19.1. The van der Waals surface area contributed by atoms with Gasteiger partial charge in [-0.2, -0.15) is 5.10 Å². The molecule has 108 valence electrons. The highest BCUT2D eigenvalue weighted by Crippen LogP contribution is 2.33. The molecule has 5 heteroatoms. The first-order chi connectivity index (χ1) is 9.62. The summed E-state index contributed by atoms with van der Waals surface area (Å²) in [4.78, 5) is 12.0. The van der Waals surface area contributed by atoms with Crippen molar-refractivity contribution >= 4 is 12.2 Å². The number of hydrogen-bond acceptors (Lipinski definition) is 4. The molecule has 0 aromatic heterocycles. The van der Waals surface area contributed by atoms with Crippen molar-refractivity contribution in [2.24, 2.45) is 5.10 Å². The van der Waals surface area contributed by atoms with Crippen LogP contribution in [0.5, 0.6) is 0 Å². The lowest BCUT2D eigenvalue weighted by molar-refractivity contribution is -0.153. The van der Waals surface area contributed by atoms with Gasteiger partial charge >= 0.3 is 5.97 Å². The third kappa shape index (κ3) is 2.66. The summed E-state index contributed by atoms with van der Waals surface area (Å²) in [6.07, 6.45) is 3.85. The zero-order chi connectivity index (χ0) is 14.6. The normalized spacial score (nSPS) is 22.4. The molecule has 0 N–H and O–H groups in total. The van der Waals surface area contributed by atoms with E-state index in [1.165, 1.54) is 19.2 Å². The second-order valence-electron chi connectivity index (χ2n) is 4.90. The van der Waals surface area contributed by atoms with Crippen LogP contribution in [-0.2, 0) is 9.53 Å². The Balaban J connectivity index is 2.21. The number of carbonyl (C=O) groups is 1. The molecule has 1 aliphatic heterocycles. The van der Waals surface area contributed by atoms with Crippen molar-refractivity contribution in [3.8, 4) is 0 Å². The minimum absolute atomic E-state index is 0.256. The average Bonchev–Trinajstić information content (AvgIpc) is 2.88. The monoisotopic (exact) mass is 278 g/mol. The number of hydrazone groups is 1. The third-order valence-electron chi connectivity index (χ3n) is 3.80. The van der Waals surface area contributed by atoms with Gasteiger partial charge in [-0.05, 0) is 37.0 Å². The van der Waals surface area contributed by atoms with E-state index in [9.17, 15) is 9.18 Å². The Morgan fingerprint density at radius 1 is 1.60 bits per heavy atom. The molecule has 1 heterocycles. The molecule has 0 aliphatic carbocycles. The number of methoxy groups -OCH3 is 1. The lowest BCUT2D eigenvalue weighted by Crippen LogP contribution is -2.48. The minimum Gasteiger partial charge on any atom is -0.467 e. The maximum absolute atomic E-state index is 13.1. The van der Waals surface area contributed by atoms with Crippen molar-refractivity contribution in [1.82, 2.24) is 5.01 Å². The number of hydrogen-bond donors (Lipinski definition) is 0. The lowest BCUT2D eigenvalue weighted by atomic mass is 9.94. The van der Waals surface area contributed by atoms with Crippen molar-refractivity contribution in [3.63, 3.8) is 0 Å². The number of nitrogens with zero attached hydrogens (tertiary/aromatic N) is 2. The van der Waals surface area contributed by atoms with Crippen LogP contribution in [0.2, 0.25) is 0 Å². The Labute approximate surface area is 118 Å². The van der Waals surface area contributed by atoms with E-state index in [1.807, 2.05) is 6.92 Å². The van der Waals surface area contributed by atoms with Crippen LogP contribution in [0.1, 0.15) is 31.7 Å². The zero-order valence-corrected chi connectivity index (χ0v) is 11.8. The molecule has 0 saturated carbocycles. The number of ether oxygens (including phenoxy) is 1. The molecule has 20 heavy (non-hydrogen) atoms. The van der Waals surface area contributed by atoms with Crippen LogP contribution in [0.15, 0.2) is 29.4 Å². The second-order valence-corrected chi connectivity index (χ2v) is 4.90. The molecule has 1 fully saturated rings. The summed E-state index contributed by atoms with van der Waals surface area (Å²) in [6.45, 7) is 2.65. The smallest absolute Gasteiger partial charge is 0.333 e. The van der Waals surface area contributed by atoms with Gasteiger partial charge in [-0.3, -0.25) is 5.01 Å². The second kappa shape index (κ2) is 6.03. The van der Waals surface area contributed by atoms with E-state index in [4.69, 9.17) is 4.74 Å². The first-order valence-corrected chi connectivity index (χ1v) is 6.78. The average molecular weight is 278 g/mol. The Bertz CT molecular complexity index is 518. The topological polar surface area (TPSA) is 41.9 Å². The van der Waals surface area contributed by atoms with Crippen LogP contribution in [0.4, 0.5) is 4.39 Å². The van der Waals surface area contributed by atoms with E-state index < -0.39 is 5.54 Å². The molecule has 0 spiro atoms. The predicted octanol–water partition coefficient (Wildman–Crippen LogP) is 2.58. The van der Waals surface area contributed by atoms with Gasteiger partial charge in [0.05, 0.1) is 13.3 Å². The van der Waals surface area contributed by atoms with Crippen LogP contribution in [0.3, 0.4) is 0 Å². The highest BCUT2D eigenvalue weighted by Gasteiger charge is 2.46. The largest absolute Gasteiger partial charge is 0.467 e. The Morgan fingerprint density at radius 3 is 3.05 bits per heavy atom. The first kappa shape index (κ1) is 14.5. The Morgan fingerprint density at radius 2 is 2.40 bits per heavy atom. The van der Waals surface area contributed by atoms with Gasteiger partial charge in [0.1, 0.15) is 5.82 Å². The van der Waals surface area contributed by atoms with Gasteiger partial charge in [-0.1, -0.05) is 19.1 Å². The summed E-state index contributed by atoms with van der Waals surface area (Å²) in [6, 6.07) is 6.20. The lowest BCUT2D eigenvalue weighted by Gasteiger charge is -2.32. The summed E-state index contributed by atoms with van der Waals surface area (Å²) < 4.78 is 18.0. The van der Waals surface area contributed by atoms with Gasteiger partial charge in [-0.15, -0.1) is 0 Å². The molecule has 0 radical (unpaired) electrons. The van der Waals surface area contributed by atoms with Gasteiger partial charge in [0.15, 0.2) is 5.54 Å². The van der Waals surface area contributed by atoms with Gasteiger partial charge in [0, 0.05) is 6.54 Å². The maximum Gasteiger partial charge on any atom is 0.333 e. The molecule has 2 rings (SSSR count). The summed E-state index contributed by atoms with van der Waals surface area (Å²) >= 11 is 0. The van der Waals surface area contributed by atoms with Crippen LogP contribution >= 0.6 is 0 Å². The van der Waals surface area contributed by atoms with Crippen molar-refractivity contribution in [1.29, 1.82) is 0 Å². The number of esters is 1. The van der Waals surface area contributed by atoms with Gasteiger partial charge in [-0.25, -0.2) is 9.18 Å². The van der Waals surface area contributed by atoms with Crippen LogP contribution in [0.25, 0.3) is 0 Å². The maximum atomic E-state index is 13.1.